The van der Waals surface area contributed by atoms with Crippen LogP contribution in [-0.4, -0.2) is 49.9 Å². The van der Waals surface area contributed by atoms with Crippen LogP contribution in [0.25, 0.3) is 11.1 Å². The normalized spacial score (nSPS) is 12.5. The molecule has 246 valence electrons. The topological polar surface area (TPSA) is 77.4 Å². The van der Waals surface area contributed by atoms with Crippen LogP contribution in [0, 0.1) is 0 Å². The zero-order chi connectivity index (χ0) is 32.1. The highest BCUT2D eigenvalue weighted by Crippen LogP contribution is 2.25. The van der Waals surface area contributed by atoms with Gasteiger partial charge < -0.3 is 29.2 Å². The third-order valence-electron chi connectivity index (χ3n) is 7.87. The molecule has 2 unspecified atom stereocenters. The number of rotatable bonds is 23. The van der Waals surface area contributed by atoms with Crippen LogP contribution >= 0.6 is 0 Å². The lowest BCUT2D eigenvalue weighted by Crippen LogP contribution is -2.08. The quantitative estimate of drug-likeness (QED) is 0.0802. The molecule has 4 aromatic carbocycles. The summed E-state index contributed by atoms with van der Waals surface area (Å²) in [6.45, 7) is 3.41. The lowest BCUT2D eigenvalue weighted by Gasteiger charge is -2.11. The SMILES string of the molecule is OC(COCCCCCCOc1ccc(-c2ccc(OCCCCCCOCC(O)c3ccccc3)cc2)cc1)c1ccccc1. The molecule has 4 rings (SSSR count). The first-order valence-corrected chi connectivity index (χ1v) is 16.8. The molecule has 0 heterocycles. The minimum absolute atomic E-state index is 0.337. The van der Waals surface area contributed by atoms with Crippen LogP contribution in [0.1, 0.15) is 74.7 Å². The van der Waals surface area contributed by atoms with Gasteiger partial charge in [-0.15, -0.1) is 0 Å². The van der Waals surface area contributed by atoms with Crippen LogP contribution in [0.4, 0.5) is 0 Å². The molecule has 0 fully saturated rings. The first-order valence-electron chi connectivity index (χ1n) is 16.8. The summed E-state index contributed by atoms with van der Waals surface area (Å²) in [5.74, 6) is 1.77. The predicted octanol–water partition coefficient (Wildman–Crippen LogP) is 8.73. The molecule has 2 atom stereocenters. The highest BCUT2D eigenvalue weighted by Gasteiger charge is 2.07. The van der Waals surface area contributed by atoms with E-state index in [4.69, 9.17) is 18.9 Å². The van der Waals surface area contributed by atoms with E-state index >= 15 is 0 Å². The van der Waals surface area contributed by atoms with E-state index in [0.717, 1.165) is 85.1 Å². The second kappa shape index (κ2) is 21.2. The predicted molar refractivity (Wildman–Crippen MR) is 184 cm³/mol. The summed E-state index contributed by atoms with van der Waals surface area (Å²) in [5, 5.41) is 20.3. The van der Waals surface area contributed by atoms with Gasteiger partial charge in [-0.2, -0.15) is 0 Å². The van der Waals surface area contributed by atoms with Gasteiger partial charge in [0, 0.05) is 13.2 Å². The van der Waals surface area contributed by atoms with Crippen LogP contribution in [0.5, 0.6) is 11.5 Å². The lowest BCUT2D eigenvalue weighted by molar-refractivity contribution is 0.0344. The Kier molecular flexibility index (Phi) is 16.2. The molecule has 2 N–H and O–H groups in total. The monoisotopic (exact) mass is 626 g/mol. The molecule has 6 nitrogen and oxygen atoms in total. The molecule has 0 spiro atoms. The van der Waals surface area contributed by atoms with Crippen LogP contribution in [0.2, 0.25) is 0 Å². The van der Waals surface area contributed by atoms with E-state index in [2.05, 4.69) is 24.3 Å². The van der Waals surface area contributed by atoms with Gasteiger partial charge in [-0.25, -0.2) is 0 Å². The van der Waals surface area contributed by atoms with Gasteiger partial charge in [0.2, 0.25) is 0 Å². The summed E-state index contributed by atoms with van der Waals surface area (Å²) in [7, 11) is 0. The van der Waals surface area contributed by atoms with E-state index in [9.17, 15) is 10.2 Å². The number of hydrogen-bond donors (Lipinski definition) is 2. The minimum atomic E-state index is -0.564. The van der Waals surface area contributed by atoms with Gasteiger partial charge in [0.15, 0.2) is 0 Å². The first kappa shape index (κ1) is 35.2. The van der Waals surface area contributed by atoms with Crippen molar-refractivity contribution >= 4 is 0 Å². The molecule has 0 aromatic heterocycles. The van der Waals surface area contributed by atoms with Gasteiger partial charge in [0.1, 0.15) is 23.7 Å². The minimum Gasteiger partial charge on any atom is -0.494 e. The van der Waals surface area contributed by atoms with Gasteiger partial charge in [0.05, 0.1) is 26.4 Å². The van der Waals surface area contributed by atoms with E-state index in [1.165, 1.54) is 0 Å². The fourth-order valence-corrected chi connectivity index (χ4v) is 5.12. The molecule has 0 saturated heterocycles. The van der Waals surface area contributed by atoms with Gasteiger partial charge in [-0.05, 0) is 85.0 Å². The Morgan fingerprint density at radius 3 is 1.11 bits per heavy atom. The van der Waals surface area contributed by atoms with Crippen LogP contribution in [0.3, 0.4) is 0 Å². The number of unbranched alkanes of at least 4 members (excludes halogenated alkanes) is 6. The van der Waals surface area contributed by atoms with E-state index in [-0.39, 0.29) is 0 Å². The molecule has 0 aliphatic rings. The largest absolute Gasteiger partial charge is 0.494 e. The summed E-state index contributed by atoms with van der Waals surface area (Å²) < 4.78 is 23.2. The maximum absolute atomic E-state index is 10.1. The van der Waals surface area contributed by atoms with Gasteiger partial charge in [-0.1, -0.05) is 97.8 Å². The van der Waals surface area contributed by atoms with Crippen molar-refractivity contribution in [3.05, 3.63) is 120 Å². The standard InChI is InChI=1S/C40H50O6/c41-39(35-15-7-5-8-16-35)31-43-27-11-1-3-13-29-45-37-23-19-33(20-24-37)34-21-25-38(26-22-34)46-30-14-4-2-12-28-44-32-40(42)36-17-9-6-10-18-36/h5-10,15-26,39-42H,1-4,11-14,27-32H2. The third kappa shape index (κ3) is 13.4. The fourth-order valence-electron chi connectivity index (χ4n) is 5.12. The Hall–Kier alpha value is -3.68. The molecule has 0 aliphatic heterocycles. The molecule has 6 heteroatoms. The third-order valence-corrected chi connectivity index (χ3v) is 7.87. The maximum Gasteiger partial charge on any atom is 0.119 e. The van der Waals surface area contributed by atoms with Crippen molar-refractivity contribution in [3.63, 3.8) is 0 Å². The van der Waals surface area contributed by atoms with Crippen LogP contribution in [-0.2, 0) is 9.47 Å². The second-order valence-corrected chi connectivity index (χ2v) is 11.6. The molecular formula is C40H50O6. The molecular weight excluding hydrogens is 576 g/mol. The zero-order valence-electron chi connectivity index (χ0n) is 27.0. The number of benzene rings is 4. The smallest absolute Gasteiger partial charge is 0.119 e. The van der Waals surface area contributed by atoms with Crippen LogP contribution < -0.4 is 9.47 Å². The Bertz CT molecular complexity index is 1210. The summed E-state index contributed by atoms with van der Waals surface area (Å²) in [4.78, 5) is 0. The number of ether oxygens (including phenoxy) is 4. The van der Waals surface area contributed by atoms with E-state index in [1.807, 2.05) is 84.9 Å². The number of aliphatic hydroxyl groups is 2. The molecule has 0 amide bonds. The van der Waals surface area contributed by atoms with Crippen molar-refractivity contribution in [3.8, 4) is 22.6 Å². The van der Waals surface area contributed by atoms with E-state index < -0.39 is 12.2 Å². The van der Waals surface area contributed by atoms with Gasteiger partial charge in [-0.3, -0.25) is 0 Å². The molecule has 0 saturated carbocycles. The van der Waals surface area contributed by atoms with Crippen molar-refractivity contribution in [1.29, 1.82) is 0 Å². The average Bonchev–Trinajstić information content (AvgIpc) is 3.11. The van der Waals surface area contributed by atoms with E-state index in [0.29, 0.717) is 39.6 Å². The molecule has 0 radical (unpaired) electrons. The zero-order valence-corrected chi connectivity index (χ0v) is 27.0. The maximum atomic E-state index is 10.1. The molecule has 4 aromatic rings. The highest BCUT2D eigenvalue weighted by atomic mass is 16.5. The van der Waals surface area contributed by atoms with E-state index in [1.54, 1.807) is 0 Å². The second-order valence-electron chi connectivity index (χ2n) is 11.6. The fraction of sp³-hybridized carbons (Fsp3) is 0.400. The highest BCUT2D eigenvalue weighted by molar-refractivity contribution is 5.64. The van der Waals surface area contributed by atoms with Gasteiger partial charge >= 0.3 is 0 Å². The number of hydrogen-bond acceptors (Lipinski definition) is 6. The molecule has 46 heavy (non-hydrogen) atoms. The van der Waals surface area contributed by atoms with Gasteiger partial charge in [0.25, 0.3) is 0 Å². The first-order chi connectivity index (χ1) is 22.7. The lowest BCUT2D eigenvalue weighted by atomic mass is 10.1. The summed E-state index contributed by atoms with van der Waals surface area (Å²) >= 11 is 0. The van der Waals surface area contributed by atoms with Crippen molar-refractivity contribution in [2.24, 2.45) is 0 Å². The summed E-state index contributed by atoms with van der Waals surface area (Å²) in [6, 6.07) is 35.8. The van der Waals surface area contributed by atoms with Crippen molar-refractivity contribution in [2.75, 3.05) is 39.6 Å². The molecule has 0 aliphatic carbocycles. The van der Waals surface area contributed by atoms with Crippen LogP contribution in [0.15, 0.2) is 109 Å². The average molecular weight is 627 g/mol. The van der Waals surface area contributed by atoms with Crippen molar-refractivity contribution in [2.45, 2.75) is 63.6 Å². The molecule has 0 bridgehead atoms. The Morgan fingerprint density at radius 1 is 0.391 bits per heavy atom. The van der Waals surface area contributed by atoms with Crippen molar-refractivity contribution < 1.29 is 29.2 Å². The van der Waals surface area contributed by atoms with Crippen molar-refractivity contribution in [1.82, 2.24) is 0 Å². The summed E-state index contributed by atoms with van der Waals surface area (Å²) in [6.07, 6.45) is 7.20. The number of aliphatic hydroxyl groups excluding tert-OH is 2. The Balaban J connectivity index is 0.984. The Labute approximate surface area is 274 Å². The Morgan fingerprint density at radius 2 is 0.739 bits per heavy atom. The summed E-state index contributed by atoms with van der Waals surface area (Å²) in [5.41, 5.74) is 4.08.